The summed E-state index contributed by atoms with van der Waals surface area (Å²) >= 11 is 5.97. The number of anilines is 1. The molecule has 0 radical (unpaired) electrons. The summed E-state index contributed by atoms with van der Waals surface area (Å²) in [6.07, 6.45) is 3.97. The Morgan fingerprint density at radius 1 is 1.32 bits per heavy atom. The van der Waals surface area contributed by atoms with Crippen LogP contribution in [0.15, 0.2) is 36.5 Å². The van der Waals surface area contributed by atoms with E-state index in [0.29, 0.717) is 22.4 Å². The lowest BCUT2D eigenvalue weighted by Crippen LogP contribution is -2.16. The molecule has 1 amide bonds. The second kappa shape index (κ2) is 4.63. The van der Waals surface area contributed by atoms with Crippen LogP contribution in [0.2, 0.25) is 5.02 Å². The third-order valence-electron chi connectivity index (χ3n) is 3.11. The van der Waals surface area contributed by atoms with Crippen LogP contribution in [-0.2, 0) is 0 Å². The van der Waals surface area contributed by atoms with Gasteiger partial charge in [0.05, 0.1) is 5.02 Å². The van der Waals surface area contributed by atoms with E-state index in [2.05, 4.69) is 5.32 Å². The van der Waals surface area contributed by atoms with E-state index in [1.807, 2.05) is 4.57 Å². The van der Waals surface area contributed by atoms with Gasteiger partial charge in [0.1, 0.15) is 11.4 Å². The summed E-state index contributed by atoms with van der Waals surface area (Å²) in [7, 11) is 0. The zero-order valence-corrected chi connectivity index (χ0v) is 10.9. The molecular formula is C14H13ClN2O2. The summed E-state index contributed by atoms with van der Waals surface area (Å²) in [6, 6.07) is 8.44. The summed E-state index contributed by atoms with van der Waals surface area (Å²) in [5.41, 5.74) is 1.21. The Morgan fingerprint density at radius 3 is 2.63 bits per heavy atom. The van der Waals surface area contributed by atoms with E-state index in [1.54, 1.807) is 24.4 Å². The number of rotatable bonds is 3. The molecule has 0 atom stereocenters. The van der Waals surface area contributed by atoms with Crippen molar-refractivity contribution in [3.05, 3.63) is 47.2 Å². The molecule has 0 saturated heterocycles. The van der Waals surface area contributed by atoms with Crippen molar-refractivity contribution in [2.24, 2.45) is 0 Å². The van der Waals surface area contributed by atoms with Gasteiger partial charge in [-0.15, -0.1) is 0 Å². The van der Waals surface area contributed by atoms with Gasteiger partial charge in [-0.1, -0.05) is 11.6 Å². The van der Waals surface area contributed by atoms with Gasteiger partial charge in [-0.2, -0.15) is 0 Å². The quantitative estimate of drug-likeness (QED) is 0.844. The number of aromatic hydroxyl groups is 1. The second-order valence-corrected chi connectivity index (χ2v) is 5.12. The predicted octanol–water partition coefficient (Wildman–Crippen LogP) is 3.43. The molecule has 1 aromatic heterocycles. The number of carbonyl (C=O) groups is 1. The van der Waals surface area contributed by atoms with E-state index >= 15 is 0 Å². The standard InChI is InChI=1S/C14H13ClN2O2/c15-9-7-13(17(8-9)11-3-4-11)14(19)16-10-1-5-12(18)6-2-10/h1-2,5-8,11,18H,3-4H2,(H,16,19). The summed E-state index contributed by atoms with van der Waals surface area (Å²) < 4.78 is 1.93. The van der Waals surface area contributed by atoms with E-state index in [-0.39, 0.29) is 11.7 Å². The molecule has 0 bridgehead atoms. The van der Waals surface area contributed by atoms with Crippen LogP contribution in [0, 0.1) is 0 Å². The Kier molecular flexibility index (Phi) is 2.95. The Hall–Kier alpha value is -1.94. The molecule has 0 unspecified atom stereocenters. The second-order valence-electron chi connectivity index (χ2n) is 4.68. The number of benzene rings is 1. The number of hydrogen-bond donors (Lipinski definition) is 2. The van der Waals surface area contributed by atoms with Gasteiger partial charge in [0.15, 0.2) is 0 Å². The fourth-order valence-corrected chi connectivity index (χ4v) is 2.23. The van der Waals surface area contributed by atoms with Gasteiger partial charge in [-0.25, -0.2) is 0 Å². The number of phenolic OH excluding ortho intramolecular Hbond substituents is 1. The zero-order valence-electron chi connectivity index (χ0n) is 10.1. The average molecular weight is 277 g/mol. The first-order chi connectivity index (χ1) is 9.13. The van der Waals surface area contributed by atoms with Crippen LogP contribution in [0.1, 0.15) is 29.4 Å². The van der Waals surface area contributed by atoms with Crippen LogP contribution >= 0.6 is 11.6 Å². The van der Waals surface area contributed by atoms with Crippen molar-refractivity contribution in [3.63, 3.8) is 0 Å². The van der Waals surface area contributed by atoms with Crippen molar-refractivity contribution in [1.82, 2.24) is 4.57 Å². The number of nitrogens with one attached hydrogen (secondary N) is 1. The first-order valence-electron chi connectivity index (χ1n) is 6.11. The molecule has 1 aliphatic carbocycles. The molecule has 2 aromatic rings. The smallest absolute Gasteiger partial charge is 0.272 e. The predicted molar refractivity (Wildman–Crippen MR) is 73.8 cm³/mol. The number of halogens is 1. The highest BCUT2D eigenvalue weighted by atomic mass is 35.5. The first kappa shape index (κ1) is 12.1. The minimum Gasteiger partial charge on any atom is -0.508 e. The summed E-state index contributed by atoms with van der Waals surface area (Å²) in [6.45, 7) is 0. The van der Waals surface area contributed by atoms with Crippen molar-refractivity contribution in [3.8, 4) is 5.75 Å². The van der Waals surface area contributed by atoms with Crippen LogP contribution in [0.5, 0.6) is 5.75 Å². The number of amides is 1. The minimum atomic E-state index is -0.190. The van der Waals surface area contributed by atoms with Gasteiger partial charge >= 0.3 is 0 Å². The molecule has 1 aliphatic rings. The lowest BCUT2D eigenvalue weighted by Gasteiger charge is -2.08. The molecule has 1 aromatic carbocycles. The van der Waals surface area contributed by atoms with E-state index in [4.69, 9.17) is 11.6 Å². The Balaban J connectivity index is 1.82. The normalized spacial score (nSPS) is 14.4. The van der Waals surface area contributed by atoms with Crippen molar-refractivity contribution in [1.29, 1.82) is 0 Å². The number of aromatic nitrogens is 1. The third kappa shape index (κ3) is 2.58. The van der Waals surface area contributed by atoms with Gasteiger partial charge in [0.25, 0.3) is 5.91 Å². The summed E-state index contributed by atoms with van der Waals surface area (Å²) in [4.78, 5) is 12.2. The number of phenols is 1. The van der Waals surface area contributed by atoms with Crippen LogP contribution < -0.4 is 5.32 Å². The van der Waals surface area contributed by atoms with Crippen molar-refractivity contribution < 1.29 is 9.90 Å². The molecule has 1 fully saturated rings. The molecule has 4 nitrogen and oxygen atoms in total. The molecule has 5 heteroatoms. The highest BCUT2D eigenvalue weighted by molar-refractivity contribution is 6.31. The topological polar surface area (TPSA) is 54.3 Å². The lowest BCUT2D eigenvalue weighted by molar-refractivity contribution is 0.101. The molecule has 1 heterocycles. The molecule has 0 aliphatic heterocycles. The minimum absolute atomic E-state index is 0.169. The van der Waals surface area contributed by atoms with Gasteiger partial charge < -0.3 is 15.0 Å². The van der Waals surface area contributed by atoms with E-state index in [0.717, 1.165) is 12.8 Å². The van der Waals surface area contributed by atoms with Gasteiger partial charge in [-0.05, 0) is 43.2 Å². The fraction of sp³-hybridized carbons (Fsp3) is 0.214. The monoisotopic (exact) mass is 276 g/mol. The maximum absolute atomic E-state index is 12.2. The van der Waals surface area contributed by atoms with Crippen LogP contribution in [0.25, 0.3) is 0 Å². The van der Waals surface area contributed by atoms with Crippen LogP contribution in [0.3, 0.4) is 0 Å². The van der Waals surface area contributed by atoms with Crippen LogP contribution in [0.4, 0.5) is 5.69 Å². The largest absolute Gasteiger partial charge is 0.508 e. The van der Waals surface area contributed by atoms with Crippen molar-refractivity contribution in [2.75, 3.05) is 5.32 Å². The first-order valence-corrected chi connectivity index (χ1v) is 6.49. The van der Waals surface area contributed by atoms with Gasteiger partial charge in [0, 0.05) is 17.9 Å². The maximum atomic E-state index is 12.2. The average Bonchev–Trinajstić information content (AvgIpc) is 3.15. The number of carbonyl (C=O) groups excluding carboxylic acids is 1. The highest BCUT2D eigenvalue weighted by Gasteiger charge is 2.27. The molecule has 1 saturated carbocycles. The van der Waals surface area contributed by atoms with Crippen molar-refractivity contribution in [2.45, 2.75) is 18.9 Å². The Morgan fingerprint density at radius 2 is 2.00 bits per heavy atom. The van der Waals surface area contributed by atoms with Gasteiger partial charge in [0.2, 0.25) is 0 Å². The Bertz CT molecular complexity index is 615. The molecule has 98 valence electrons. The molecule has 2 N–H and O–H groups in total. The van der Waals surface area contributed by atoms with Crippen LogP contribution in [-0.4, -0.2) is 15.6 Å². The van der Waals surface area contributed by atoms with E-state index < -0.39 is 0 Å². The fourth-order valence-electron chi connectivity index (χ4n) is 2.02. The molecule has 3 rings (SSSR count). The van der Waals surface area contributed by atoms with E-state index in [1.165, 1.54) is 12.1 Å². The van der Waals surface area contributed by atoms with E-state index in [9.17, 15) is 9.90 Å². The maximum Gasteiger partial charge on any atom is 0.272 e. The SMILES string of the molecule is O=C(Nc1ccc(O)cc1)c1cc(Cl)cn1C1CC1. The molecule has 0 spiro atoms. The zero-order chi connectivity index (χ0) is 13.4. The number of hydrogen-bond acceptors (Lipinski definition) is 2. The summed E-state index contributed by atoms with van der Waals surface area (Å²) in [5.74, 6) is -0.0214. The molecular weight excluding hydrogens is 264 g/mol. The van der Waals surface area contributed by atoms with Gasteiger partial charge in [-0.3, -0.25) is 4.79 Å². The van der Waals surface area contributed by atoms with Crippen molar-refractivity contribution >= 4 is 23.2 Å². The number of nitrogens with zero attached hydrogens (tertiary/aromatic N) is 1. The highest BCUT2D eigenvalue weighted by Crippen LogP contribution is 2.37. The molecule has 19 heavy (non-hydrogen) atoms. The lowest BCUT2D eigenvalue weighted by atomic mass is 10.3. The third-order valence-corrected chi connectivity index (χ3v) is 3.32. The Labute approximate surface area is 115 Å². The summed E-state index contributed by atoms with van der Waals surface area (Å²) in [5, 5.41) is 12.6.